The van der Waals surface area contributed by atoms with E-state index in [0.29, 0.717) is 35.1 Å². The van der Waals surface area contributed by atoms with Crippen molar-refractivity contribution in [2.45, 2.75) is 46.1 Å². The molecule has 5 nitrogen and oxygen atoms in total. The van der Waals surface area contributed by atoms with Gasteiger partial charge >= 0.3 is 0 Å². The normalized spacial score (nSPS) is 16.9. The zero-order chi connectivity index (χ0) is 23.1. The van der Waals surface area contributed by atoms with Gasteiger partial charge < -0.3 is 14.8 Å². The number of benzene rings is 2. The number of nitrogens with one attached hydrogen (secondary N) is 1. The topological polar surface area (TPSA) is 55.2 Å². The summed E-state index contributed by atoms with van der Waals surface area (Å²) in [6, 6.07) is 11.7. The molecule has 2 unspecified atom stereocenters. The first-order valence-electron chi connectivity index (χ1n) is 11.1. The summed E-state index contributed by atoms with van der Waals surface area (Å²) < 4.78 is 10.6. The van der Waals surface area contributed by atoms with E-state index in [1.807, 2.05) is 36.4 Å². The van der Waals surface area contributed by atoms with E-state index in [0.717, 1.165) is 41.8 Å². The summed E-state index contributed by atoms with van der Waals surface area (Å²) in [5.41, 5.74) is 3.66. The van der Waals surface area contributed by atoms with Gasteiger partial charge in [-0.3, -0.25) is 0 Å². The molecule has 172 valence electrons. The van der Waals surface area contributed by atoms with Gasteiger partial charge in [0.2, 0.25) is 5.96 Å². The number of aliphatic imine (C=N–C) groups is 2. The van der Waals surface area contributed by atoms with Gasteiger partial charge in [0.05, 0.1) is 22.7 Å². The Hall–Kier alpha value is -2.08. The molecule has 2 aromatic carbocycles. The summed E-state index contributed by atoms with van der Waals surface area (Å²) in [6.07, 6.45) is 2.96. The van der Waals surface area contributed by atoms with Crippen LogP contribution in [0.1, 0.15) is 40.0 Å². The van der Waals surface area contributed by atoms with Crippen molar-refractivity contribution in [2.24, 2.45) is 15.9 Å². The molecule has 1 aliphatic heterocycles. The maximum atomic E-state index is 6.64. The van der Waals surface area contributed by atoms with E-state index in [1.165, 1.54) is 5.71 Å². The highest BCUT2D eigenvalue weighted by atomic mass is 35.5. The number of methoxy groups -OCH3 is 1. The Labute approximate surface area is 200 Å². The third kappa shape index (κ3) is 6.25. The Morgan fingerprint density at radius 3 is 2.38 bits per heavy atom. The minimum atomic E-state index is 0.244. The molecule has 2 aromatic rings. The van der Waals surface area contributed by atoms with Crippen molar-refractivity contribution >= 4 is 40.6 Å². The maximum absolute atomic E-state index is 6.64. The molecular weight excluding hydrogens is 445 g/mol. The van der Waals surface area contributed by atoms with Gasteiger partial charge in [0, 0.05) is 30.5 Å². The Bertz CT molecular complexity index is 951. The molecule has 0 aromatic heterocycles. The minimum Gasteiger partial charge on any atom is -0.491 e. The number of hydrogen-bond acceptors (Lipinski definition) is 5. The SMILES string of the molecule is CCC1CC(C(C)CC)=NC(Nc2cc(Cl)c(-c3ccc(OCCOC)cc3)c(Cl)c2)=N1. The van der Waals surface area contributed by atoms with Gasteiger partial charge in [-0.25, -0.2) is 9.98 Å². The number of guanidine groups is 1. The highest BCUT2D eigenvalue weighted by Gasteiger charge is 2.21. The molecule has 1 heterocycles. The number of hydrogen-bond donors (Lipinski definition) is 1. The summed E-state index contributed by atoms with van der Waals surface area (Å²) in [5, 5.41) is 4.43. The summed E-state index contributed by atoms with van der Waals surface area (Å²) in [6.45, 7) is 7.60. The molecule has 1 N–H and O–H groups in total. The summed E-state index contributed by atoms with van der Waals surface area (Å²) in [4.78, 5) is 9.52. The lowest BCUT2D eigenvalue weighted by molar-refractivity contribution is 0.146. The molecule has 0 fully saturated rings. The first kappa shape index (κ1) is 24.6. The molecule has 0 radical (unpaired) electrons. The highest BCUT2D eigenvalue weighted by Crippen LogP contribution is 2.38. The maximum Gasteiger partial charge on any atom is 0.222 e. The first-order chi connectivity index (χ1) is 15.4. The van der Waals surface area contributed by atoms with E-state index in [1.54, 1.807) is 7.11 Å². The standard InChI is InChI=1S/C25H31Cl2N3O2/c1-5-16(3)23-15-18(6-2)28-25(30-23)29-19-13-21(26)24(22(27)14-19)17-7-9-20(10-8-17)32-12-11-31-4/h7-10,13-14,16,18H,5-6,11-12,15H2,1-4H3,(H,28,29). The summed E-state index contributed by atoms with van der Waals surface area (Å²) >= 11 is 13.3. The second-order valence-electron chi connectivity index (χ2n) is 7.94. The van der Waals surface area contributed by atoms with Crippen molar-refractivity contribution in [3.8, 4) is 16.9 Å². The van der Waals surface area contributed by atoms with Crippen molar-refractivity contribution in [3.05, 3.63) is 46.4 Å². The van der Waals surface area contributed by atoms with Gasteiger partial charge in [-0.2, -0.15) is 0 Å². The van der Waals surface area contributed by atoms with Gasteiger partial charge in [-0.15, -0.1) is 0 Å². The monoisotopic (exact) mass is 475 g/mol. The Balaban J connectivity index is 1.80. The summed E-state index contributed by atoms with van der Waals surface area (Å²) in [7, 11) is 1.65. The Kier molecular flexibility index (Phi) is 8.97. The molecule has 0 spiro atoms. The van der Waals surface area contributed by atoms with Gasteiger partial charge in [-0.1, -0.05) is 56.1 Å². The van der Waals surface area contributed by atoms with Crippen LogP contribution in [0.4, 0.5) is 5.69 Å². The molecule has 0 bridgehead atoms. The molecule has 0 amide bonds. The van der Waals surface area contributed by atoms with Gasteiger partial charge in [0.15, 0.2) is 0 Å². The average Bonchev–Trinajstić information content (AvgIpc) is 2.79. The van der Waals surface area contributed by atoms with Gasteiger partial charge in [0.1, 0.15) is 12.4 Å². The fourth-order valence-corrected chi connectivity index (χ4v) is 4.23. The van der Waals surface area contributed by atoms with Crippen molar-refractivity contribution < 1.29 is 9.47 Å². The molecule has 3 rings (SSSR count). The third-order valence-electron chi connectivity index (χ3n) is 5.65. The fourth-order valence-electron chi connectivity index (χ4n) is 3.52. The zero-order valence-electron chi connectivity index (χ0n) is 19.1. The van der Waals surface area contributed by atoms with Crippen molar-refractivity contribution in [3.63, 3.8) is 0 Å². The van der Waals surface area contributed by atoms with Crippen LogP contribution < -0.4 is 10.1 Å². The Morgan fingerprint density at radius 1 is 1.09 bits per heavy atom. The lowest BCUT2D eigenvalue weighted by Gasteiger charge is -2.23. The average molecular weight is 476 g/mol. The zero-order valence-corrected chi connectivity index (χ0v) is 20.6. The smallest absolute Gasteiger partial charge is 0.222 e. The van der Waals surface area contributed by atoms with Crippen molar-refractivity contribution in [2.75, 3.05) is 25.6 Å². The number of nitrogens with zero attached hydrogens (tertiary/aromatic N) is 2. The molecule has 2 atom stereocenters. The van der Waals surface area contributed by atoms with Crippen molar-refractivity contribution in [1.29, 1.82) is 0 Å². The van der Waals surface area contributed by atoms with Crippen LogP contribution in [0.3, 0.4) is 0 Å². The largest absolute Gasteiger partial charge is 0.491 e. The highest BCUT2D eigenvalue weighted by molar-refractivity contribution is 6.39. The number of ether oxygens (including phenoxy) is 2. The molecule has 7 heteroatoms. The lowest BCUT2D eigenvalue weighted by Crippen LogP contribution is -2.27. The van der Waals surface area contributed by atoms with E-state index in [4.69, 9.17) is 42.7 Å². The number of anilines is 1. The van der Waals surface area contributed by atoms with Crippen LogP contribution in [0.5, 0.6) is 5.75 Å². The second kappa shape index (κ2) is 11.7. The second-order valence-corrected chi connectivity index (χ2v) is 8.75. The molecular formula is C25H31Cl2N3O2. The van der Waals surface area contributed by atoms with Crippen LogP contribution in [-0.2, 0) is 4.74 Å². The van der Waals surface area contributed by atoms with Crippen LogP contribution in [0, 0.1) is 5.92 Å². The number of halogens is 2. The van der Waals surface area contributed by atoms with E-state index < -0.39 is 0 Å². The Morgan fingerprint density at radius 2 is 1.78 bits per heavy atom. The van der Waals surface area contributed by atoms with Crippen molar-refractivity contribution in [1.82, 2.24) is 0 Å². The third-order valence-corrected chi connectivity index (χ3v) is 6.25. The van der Waals surface area contributed by atoms with Gasteiger partial charge in [-0.05, 0) is 48.6 Å². The van der Waals surface area contributed by atoms with E-state index >= 15 is 0 Å². The summed E-state index contributed by atoms with van der Waals surface area (Å²) in [5.74, 6) is 1.83. The molecule has 1 aliphatic rings. The van der Waals surface area contributed by atoms with Crippen LogP contribution in [0.25, 0.3) is 11.1 Å². The molecule has 0 saturated heterocycles. The quantitative estimate of drug-likeness (QED) is 0.392. The number of rotatable bonds is 9. The van der Waals surface area contributed by atoms with Crippen LogP contribution in [0.2, 0.25) is 10.0 Å². The molecule has 0 aliphatic carbocycles. The van der Waals surface area contributed by atoms with Crippen LogP contribution >= 0.6 is 23.2 Å². The van der Waals surface area contributed by atoms with Crippen LogP contribution in [-0.4, -0.2) is 38.0 Å². The predicted molar refractivity (Wildman–Crippen MR) is 136 cm³/mol. The van der Waals surface area contributed by atoms with E-state index in [9.17, 15) is 0 Å². The van der Waals surface area contributed by atoms with E-state index in [2.05, 4.69) is 26.1 Å². The predicted octanol–water partition coefficient (Wildman–Crippen LogP) is 7.12. The van der Waals surface area contributed by atoms with Crippen LogP contribution in [0.15, 0.2) is 46.4 Å². The minimum absolute atomic E-state index is 0.244. The molecule has 0 saturated carbocycles. The first-order valence-corrected chi connectivity index (χ1v) is 11.8. The lowest BCUT2D eigenvalue weighted by atomic mass is 9.95. The molecule has 32 heavy (non-hydrogen) atoms. The van der Waals surface area contributed by atoms with Gasteiger partial charge in [0.25, 0.3) is 0 Å². The fraction of sp³-hybridized carbons (Fsp3) is 0.440. The van der Waals surface area contributed by atoms with E-state index in [-0.39, 0.29) is 6.04 Å².